The molecule has 1 aliphatic rings. The van der Waals surface area contributed by atoms with Gasteiger partial charge in [0.15, 0.2) is 5.96 Å². The van der Waals surface area contributed by atoms with Gasteiger partial charge in [0.25, 0.3) is 0 Å². The van der Waals surface area contributed by atoms with Gasteiger partial charge in [-0.15, -0.1) is 0 Å². The molecule has 152 valence electrons. The lowest BCUT2D eigenvalue weighted by Crippen LogP contribution is -2.56. The molecule has 1 saturated heterocycles. The molecule has 6 nitrogen and oxygen atoms in total. The number of anilines is 1. The maximum Gasteiger partial charge on any atom is 0.191 e. The van der Waals surface area contributed by atoms with Gasteiger partial charge >= 0.3 is 0 Å². The van der Waals surface area contributed by atoms with E-state index in [1.54, 1.807) is 19.2 Å². The van der Waals surface area contributed by atoms with Gasteiger partial charge in [-0.1, -0.05) is 6.07 Å². The summed E-state index contributed by atoms with van der Waals surface area (Å²) in [5.41, 5.74) is 0.934. The first kappa shape index (κ1) is 21.4. The van der Waals surface area contributed by atoms with Crippen LogP contribution in [0.5, 0.6) is 0 Å². The Bertz CT molecular complexity index is 602. The summed E-state index contributed by atoms with van der Waals surface area (Å²) in [6.07, 6.45) is 0.931. The summed E-state index contributed by atoms with van der Waals surface area (Å²) >= 11 is 0. The molecule has 1 aromatic rings. The zero-order valence-corrected chi connectivity index (χ0v) is 17.1. The van der Waals surface area contributed by atoms with Gasteiger partial charge in [0.1, 0.15) is 5.82 Å². The van der Waals surface area contributed by atoms with Crippen molar-refractivity contribution in [3.63, 3.8) is 0 Å². The second-order valence-corrected chi connectivity index (χ2v) is 7.52. The van der Waals surface area contributed by atoms with E-state index < -0.39 is 0 Å². The molecular weight excluding hydrogens is 345 g/mol. The van der Waals surface area contributed by atoms with Crippen LogP contribution in [0.15, 0.2) is 29.3 Å². The monoisotopic (exact) mass is 379 g/mol. The van der Waals surface area contributed by atoms with Crippen molar-refractivity contribution in [2.75, 3.05) is 64.9 Å². The fourth-order valence-electron chi connectivity index (χ4n) is 3.17. The minimum absolute atomic E-state index is 0.0407. The summed E-state index contributed by atoms with van der Waals surface area (Å²) in [4.78, 5) is 8.82. The summed E-state index contributed by atoms with van der Waals surface area (Å²) in [7, 11) is 3.77. The SMILES string of the molecule is CN=C(NCCCN(C)c1cccc(F)c1)NCC(C)(C)N1CCOCC1. The molecule has 0 aromatic heterocycles. The topological polar surface area (TPSA) is 52.1 Å². The summed E-state index contributed by atoms with van der Waals surface area (Å²) in [6.45, 7) is 10.5. The maximum absolute atomic E-state index is 13.3. The van der Waals surface area contributed by atoms with Crippen molar-refractivity contribution in [3.05, 3.63) is 30.1 Å². The molecule has 0 amide bonds. The van der Waals surface area contributed by atoms with Crippen molar-refractivity contribution in [2.45, 2.75) is 25.8 Å². The summed E-state index contributed by atoms with van der Waals surface area (Å²) in [5, 5.41) is 6.79. The zero-order valence-electron chi connectivity index (χ0n) is 17.1. The Morgan fingerprint density at radius 2 is 2.04 bits per heavy atom. The molecule has 1 aliphatic heterocycles. The van der Waals surface area contributed by atoms with E-state index in [1.807, 2.05) is 13.1 Å². The average molecular weight is 380 g/mol. The smallest absolute Gasteiger partial charge is 0.191 e. The highest BCUT2D eigenvalue weighted by atomic mass is 19.1. The number of aliphatic imine (C=N–C) groups is 1. The van der Waals surface area contributed by atoms with Crippen LogP contribution < -0.4 is 15.5 Å². The number of benzene rings is 1. The third kappa shape index (κ3) is 6.99. The van der Waals surface area contributed by atoms with Crippen molar-refractivity contribution in [1.82, 2.24) is 15.5 Å². The first-order valence-electron chi connectivity index (χ1n) is 9.66. The lowest BCUT2D eigenvalue weighted by Gasteiger charge is -2.41. The van der Waals surface area contributed by atoms with Crippen LogP contribution in [0.25, 0.3) is 0 Å². The van der Waals surface area contributed by atoms with Gasteiger partial charge < -0.3 is 20.3 Å². The highest BCUT2D eigenvalue weighted by Crippen LogP contribution is 2.15. The van der Waals surface area contributed by atoms with Crippen LogP contribution >= 0.6 is 0 Å². The molecule has 0 atom stereocenters. The predicted molar refractivity (Wildman–Crippen MR) is 110 cm³/mol. The van der Waals surface area contributed by atoms with E-state index >= 15 is 0 Å². The second-order valence-electron chi connectivity index (χ2n) is 7.52. The number of morpholine rings is 1. The van der Waals surface area contributed by atoms with Crippen molar-refractivity contribution in [3.8, 4) is 0 Å². The molecule has 1 aromatic carbocycles. The number of ether oxygens (including phenoxy) is 1. The van der Waals surface area contributed by atoms with E-state index in [0.717, 1.165) is 64.0 Å². The minimum atomic E-state index is -0.204. The maximum atomic E-state index is 13.3. The van der Waals surface area contributed by atoms with Crippen LogP contribution in [0.1, 0.15) is 20.3 Å². The highest BCUT2D eigenvalue weighted by molar-refractivity contribution is 5.79. The van der Waals surface area contributed by atoms with Crippen LogP contribution in [-0.4, -0.2) is 76.4 Å². The van der Waals surface area contributed by atoms with Gasteiger partial charge in [0.2, 0.25) is 0 Å². The molecule has 0 aliphatic carbocycles. The van der Waals surface area contributed by atoms with Gasteiger partial charge in [-0.25, -0.2) is 4.39 Å². The fraction of sp³-hybridized carbons (Fsp3) is 0.650. The van der Waals surface area contributed by atoms with Crippen LogP contribution in [0, 0.1) is 5.82 Å². The van der Waals surface area contributed by atoms with Crippen molar-refractivity contribution in [1.29, 1.82) is 0 Å². The first-order chi connectivity index (χ1) is 12.9. The van der Waals surface area contributed by atoms with Crippen LogP contribution in [0.3, 0.4) is 0 Å². The van der Waals surface area contributed by atoms with E-state index in [1.165, 1.54) is 6.07 Å². The average Bonchev–Trinajstić information content (AvgIpc) is 2.68. The molecule has 0 spiro atoms. The molecule has 2 N–H and O–H groups in total. The van der Waals surface area contributed by atoms with Crippen molar-refractivity contribution in [2.24, 2.45) is 4.99 Å². The van der Waals surface area contributed by atoms with Gasteiger partial charge in [0, 0.05) is 58.0 Å². The largest absolute Gasteiger partial charge is 0.379 e. The van der Waals surface area contributed by atoms with Crippen LogP contribution in [0.2, 0.25) is 0 Å². The quantitative estimate of drug-likeness (QED) is 0.411. The molecule has 2 rings (SSSR count). The zero-order chi connectivity index (χ0) is 19.7. The lowest BCUT2D eigenvalue weighted by atomic mass is 10.0. The number of nitrogens with zero attached hydrogens (tertiary/aromatic N) is 3. The van der Waals surface area contributed by atoms with E-state index in [-0.39, 0.29) is 11.4 Å². The van der Waals surface area contributed by atoms with Crippen molar-refractivity contribution >= 4 is 11.6 Å². The third-order valence-corrected chi connectivity index (χ3v) is 4.99. The second kappa shape index (κ2) is 10.5. The fourth-order valence-corrected chi connectivity index (χ4v) is 3.17. The Morgan fingerprint density at radius 3 is 2.70 bits per heavy atom. The highest BCUT2D eigenvalue weighted by Gasteiger charge is 2.28. The Morgan fingerprint density at radius 1 is 1.30 bits per heavy atom. The molecule has 27 heavy (non-hydrogen) atoms. The van der Waals surface area contributed by atoms with E-state index in [2.05, 4.69) is 39.3 Å². The molecule has 0 unspecified atom stereocenters. The Balaban J connectivity index is 1.69. The Hall–Kier alpha value is -1.86. The predicted octanol–water partition coefficient (Wildman–Crippen LogP) is 1.93. The molecule has 0 bridgehead atoms. The molecule has 1 fully saturated rings. The summed E-state index contributed by atoms with van der Waals surface area (Å²) in [6, 6.07) is 6.68. The van der Waals surface area contributed by atoms with Gasteiger partial charge in [-0.05, 0) is 38.5 Å². The first-order valence-corrected chi connectivity index (χ1v) is 9.66. The number of halogens is 1. The molecular formula is C20H34FN5O. The van der Waals surface area contributed by atoms with E-state index in [4.69, 9.17) is 4.74 Å². The normalized spacial score (nSPS) is 16.3. The molecule has 0 radical (unpaired) electrons. The van der Waals surface area contributed by atoms with Gasteiger partial charge in [0.05, 0.1) is 13.2 Å². The number of rotatable bonds is 8. The Labute approximate surface area is 162 Å². The number of hydrogen-bond acceptors (Lipinski definition) is 4. The van der Waals surface area contributed by atoms with Crippen LogP contribution in [-0.2, 0) is 4.74 Å². The summed E-state index contributed by atoms with van der Waals surface area (Å²) < 4.78 is 18.8. The van der Waals surface area contributed by atoms with E-state index in [9.17, 15) is 4.39 Å². The standard InChI is InChI=1S/C20H34FN5O/c1-20(2,26-11-13-27-14-12-26)16-24-19(22-3)23-9-6-10-25(4)18-8-5-7-17(21)15-18/h5,7-8,15H,6,9-14,16H2,1-4H3,(H2,22,23,24). The van der Waals surface area contributed by atoms with Gasteiger partial charge in [-0.3, -0.25) is 9.89 Å². The number of hydrogen-bond donors (Lipinski definition) is 2. The van der Waals surface area contributed by atoms with Crippen molar-refractivity contribution < 1.29 is 9.13 Å². The molecule has 1 heterocycles. The van der Waals surface area contributed by atoms with E-state index in [0.29, 0.717) is 0 Å². The third-order valence-electron chi connectivity index (χ3n) is 4.99. The summed E-state index contributed by atoms with van der Waals surface area (Å²) in [5.74, 6) is 0.606. The minimum Gasteiger partial charge on any atom is -0.379 e. The lowest BCUT2D eigenvalue weighted by molar-refractivity contribution is -0.00833. The van der Waals surface area contributed by atoms with Gasteiger partial charge in [-0.2, -0.15) is 0 Å². The number of nitrogens with one attached hydrogen (secondary N) is 2. The Kier molecular flexibility index (Phi) is 8.31. The molecule has 7 heteroatoms. The number of guanidine groups is 1. The van der Waals surface area contributed by atoms with Crippen LogP contribution in [0.4, 0.5) is 10.1 Å². The molecule has 0 saturated carbocycles.